The Morgan fingerprint density at radius 2 is 2.00 bits per heavy atom. The van der Waals surface area contributed by atoms with Gasteiger partial charge in [-0.25, -0.2) is 4.39 Å². The fraction of sp³-hybridized carbons (Fsp3) is 0.250. The van der Waals surface area contributed by atoms with Crippen LogP contribution in [0.5, 0.6) is 0 Å². The molecule has 3 aromatic heterocycles. The van der Waals surface area contributed by atoms with Crippen LogP contribution in [0.15, 0.2) is 52.4 Å². The molecule has 3 heterocycles. The van der Waals surface area contributed by atoms with Crippen molar-refractivity contribution in [2.45, 2.75) is 36.2 Å². The Hall–Kier alpha value is -2.78. The van der Waals surface area contributed by atoms with E-state index in [0.29, 0.717) is 16.9 Å². The second kappa shape index (κ2) is 7.81. The first-order valence-electron chi connectivity index (χ1n) is 9.41. The second-order valence-electron chi connectivity index (χ2n) is 6.99. The summed E-state index contributed by atoms with van der Waals surface area (Å²) in [6.45, 7) is 1.95. The molecule has 1 fully saturated rings. The van der Waals surface area contributed by atoms with Crippen molar-refractivity contribution in [1.29, 1.82) is 0 Å². The Balaban J connectivity index is 1.41. The van der Waals surface area contributed by atoms with Gasteiger partial charge in [-0.2, -0.15) is 4.98 Å². The summed E-state index contributed by atoms with van der Waals surface area (Å²) < 4.78 is 21.6. The van der Waals surface area contributed by atoms with Crippen molar-refractivity contribution in [2.24, 2.45) is 0 Å². The zero-order valence-electron chi connectivity index (χ0n) is 15.9. The van der Waals surface area contributed by atoms with E-state index < -0.39 is 5.82 Å². The zero-order valence-corrected chi connectivity index (χ0v) is 17.4. The van der Waals surface area contributed by atoms with Crippen LogP contribution in [-0.4, -0.2) is 29.9 Å². The molecule has 152 valence electrons. The first-order chi connectivity index (χ1) is 14.6. The molecule has 0 radical (unpaired) electrons. The number of nitrogens with zero attached hydrogens (tertiary/aromatic N) is 6. The van der Waals surface area contributed by atoms with Gasteiger partial charge in [0.1, 0.15) is 5.82 Å². The predicted molar refractivity (Wildman–Crippen MR) is 110 cm³/mol. The molecule has 4 aromatic rings. The molecular weight excluding hydrogens is 427 g/mol. The molecule has 1 aliphatic carbocycles. The Morgan fingerprint density at radius 3 is 2.77 bits per heavy atom. The maximum absolute atomic E-state index is 14.1. The Bertz CT molecular complexity index is 1190. The molecule has 0 N–H and O–H groups in total. The van der Waals surface area contributed by atoms with Crippen molar-refractivity contribution >= 4 is 23.4 Å². The lowest BCUT2D eigenvalue weighted by atomic mass is 10.2. The fourth-order valence-corrected chi connectivity index (χ4v) is 4.23. The standard InChI is InChI=1S/C20H16ClFN6OS/c1-11(17-24-19(29-27-17)15-10-13(21)2-5-16(15)22)30-20-26-25-18(28(20)14-3-4-14)12-6-8-23-9-7-12/h2,5-11,14H,3-4H2,1H3. The van der Waals surface area contributed by atoms with E-state index in [9.17, 15) is 4.39 Å². The van der Waals surface area contributed by atoms with Crippen molar-refractivity contribution in [1.82, 2.24) is 29.9 Å². The second-order valence-corrected chi connectivity index (χ2v) is 8.73. The van der Waals surface area contributed by atoms with E-state index in [0.717, 1.165) is 29.4 Å². The average Bonchev–Trinajstić information content (AvgIpc) is 3.31. The summed E-state index contributed by atoms with van der Waals surface area (Å²) in [5.41, 5.74) is 1.15. The molecule has 5 rings (SSSR count). The maximum atomic E-state index is 14.1. The van der Waals surface area contributed by atoms with E-state index in [1.807, 2.05) is 19.1 Å². The highest BCUT2D eigenvalue weighted by Crippen LogP contribution is 2.43. The number of halogens is 2. The number of benzene rings is 1. The summed E-state index contributed by atoms with van der Waals surface area (Å²) >= 11 is 7.46. The van der Waals surface area contributed by atoms with Gasteiger partial charge in [0.25, 0.3) is 5.89 Å². The third kappa shape index (κ3) is 3.70. The Morgan fingerprint density at radius 1 is 1.20 bits per heavy atom. The number of pyridine rings is 1. The van der Waals surface area contributed by atoms with Gasteiger partial charge in [0.05, 0.1) is 10.8 Å². The quantitative estimate of drug-likeness (QED) is 0.371. The van der Waals surface area contributed by atoms with E-state index >= 15 is 0 Å². The maximum Gasteiger partial charge on any atom is 0.260 e. The van der Waals surface area contributed by atoms with Crippen molar-refractivity contribution in [3.63, 3.8) is 0 Å². The van der Waals surface area contributed by atoms with Crippen LogP contribution in [0.2, 0.25) is 5.02 Å². The van der Waals surface area contributed by atoms with Gasteiger partial charge in [0.2, 0.25) is 0 Å². The van der Waals surface area contributed by atoms with Crippen LogP contribution in [0.1, 0.15) is 36.9 Å². The molecule has 0 saturated heterocycles. The summed E-state index contributed by atoms with van der Waals surface area (Å²) in [7, 11) is 0. The molecular formula is C20H16ClFN6OS. The molecule has 7 nitrogen and oxygen atoms in total. The molecule has 1 saturated carbocycles. The number of hydrogen-bond acceptors (Lipinski definition) is 7. The number of thioether (sulfide) groups is 1. The molecule has 10 heteroatoms. The highest BCUT2D eigenvalue weighted by atomic mass is 35.5. The molecule has 1 aromatic carbocycles. The smallest absolute Gasteiger partial charge is 0.260 e. The van der Waals surface area contributed by atoms with Gasteiger partial charge in [0.15, 0.2) is 16.8 Å². The van der Waals surface area contributed by atoms with E-state index in [2.05, 4.69) is 29.9 Å². The number of aromatic nitrogens is 6. The van der Waals surface area contributed by atoms with Gasteiger partial charge in [-0.15, -0.1) is 10.2 Å². The molecule has 1 atom stereocenters. The monoisotopic (exact) mass is 442 g/mol. The summed E-state index contributed by atoms with van der Waals surface area (Å²) in [5, 5.41) is 13.9. The van der Waals surface area contributed by atoms with E-state index in [1.54, 1.807) is 12.4 Å². The molecule has 1 aliphatic rings. The van der Waals surface area contributed by atoms with Crippen LogP contribution in [-0.2, 0) is 0 Å². The zero-order chi connectivity index (χ0) is 20.7. The lowest BCUT2D eigenvalue weighted by Gasteiger charge is -2.10. The molecule has 0 aliphatic heterocycles. The van der Waals surface area contributed by atoms with Crippen molar-refractivity contribution in [3.8, 4) is 22.8 Å². The highest BCUT2D eigenvalue weighted by Gasteiger charge is 2.31. The van der Waals surface area contributed by atoms with Crippen molar-refractivity contribution in [3.05, 3.63) is 59.4 Å². The first-order valence-corrected chi connectivity index (χ1v) is 10.7. The van der Waals surface area contributed by atoms with Gasteiger partial charge in [0, 0.05) is 29.0 Å². The molecule has 0 bridgehead atoms. The van der Waals surface area contributed by atoms with Gasteiger partial charge in [-0.3, -0.25) is 9.55 Å². The molecule has 30 heavy (non-hydrogen) atoms. The molecule has 0 spiro atoms. The van der Waals surface area contributed by atoms with Gasteiger partial charge in [-0.05, 0) is 50.1 Å². The minimum atomic E-state index is -0.467. The summed E-state index contributed by atoms with van der Waals surface area (Å²) in [6, 6.07) is 8.45. The van der Waals surface area contributed by atoms with Crippen molar-refractivity contribution < 1.29 is 8.91 Å². The molecule has 1 unspecified atom stereocenters. The normalized spacial score (nSPS) is 14.8. The number of hydrogen-bond donors (Lipinski definition) is 0. The summed E-state index contributed by atoms with van der Waals surface area (Å²) in [6.07, 6.45) is 5.68. The Kier molecular flexibility index (Phi) is 5.00. The van der Waals surface area contributed by atoms with Crippen LogP contribution >= 0.6 is 23.4 Å². The lowest BCUT2D eigenvalue weighted by molar-refractivity contribution is 0.420. The SMILES string of the molecule is CC(Sc1nnc(-c2ccncc2)n1C1CC1)c1noc(-c2cc(Cl)ccc2F)n1. The summed E-state index contributed by atoms with van der Waals surface area (Å²) in [5.74, 6) is 0.901. The average molecular weight is 443 g/mol. The van der Waals surface area contributed by atoms with Crippen LogP contribution in [0, 0.1) is 5.82 Å². The number of rotatable bonds is 6. The van der Waals surface area contributed by atoms with Crippen LogP contribution in [0.3, 0.4) is 0 Å². The van der Waals surface area contributed by atoms with Crippen LogP contribution in [0.25, 0.3) is 22.8 Å². The summed E-state index contributed by atoms with van der Waals surface area (Å²) in [4.78, 5) is 8.44. The van der Waals surface area contributed by atoms with E-state index in [-0.39, 0.29) is 16.7 Å². The van der Waals surface area contributed by atoms with E-state index in [4.69, 9.17) is 16.1 Å². The van der Waals surface area contributed by atoms with Crippen molar-refractivity contribution in [2.75, 3.05) is 0 Å². The minimum Gasteiger partial charge on any atom is -0.334 e. The highest BCUT2D eigenvalue weighted by molar-refractivity contribution is 7.99. The minimum absolute atomic E-state index is 0.0959. The first kappa shape index (κ1) is 19.2. The van der Waals surface area contributed by atoms with Crippen LogP contribution in [0.4, 0.5) is 4.39 Å². The topological polar surface area (TPSA) is 82.5 Å². The fourth-order valence-electron chi connectivity index (χ4n) is 3.10. The largest absolute Gasteiger partial charge is 0.334 e. The predicted octanol–water partition coefficient (Wildman–Crippen LogP) is 5.37. The molecule has 0 amide bonds. The van der Waals surface area contributed by atoms with Gasteiger partial charge >= 0.3 is 0 Å². The third-order valence-electron chi connectivity index (χ3n) is 4.76. The van der Waals surface area contributed by atoms with Crippen LogP contribution < -0.4 is 0 Å². The van der Waals surface area contributed by atoms with Gasteiger partial charge in [-0.1, -0.05) is 28.5 Å². The third-order valence-corrected chi connectivity index (χ3v) is 6.05. The lowest BCUT2D eigenvalue weighted by Crippen LogP contribution is -2.01. The Labute approximate surface area is 180 Å². The van der Waals surface area contributed by atoms with E-state index in [1.165, 1.54) is 30.0 Å². The van der Waals surface area contributed by atoms with Gasteiger partial charge < -0.3 is 4.52 Å².